The molecule has 0 saturated carbocycles. The average Bonchev–Trinajstić information content (AvgIpc) is 3.08. The summed E-state index contributed by atoms with van der Waals surface area (Å²) in [4.78, 5) is 24.3. The topological polar surface area (TPSA) is 86.3 Å². The zero-order valence-electron chi connectivity index (χ0n) is 10.6. The molecule has 0 bridgehead atoms. The Labute approximate surface area is 115 Å². The van der Waals surface area contributed by atoms with Crippen molar-refractivity contribution in [3.05, 3.63) is 36.5 Å². The van der Waals surface area contributed by atoms with Crippen molar-refractivity contribution in [2.24, 2.45) is 5.92 Å². The molecule has 102 valence electrons. The fourth-order valence-corrected chi connectivity index (χ4v) is 2.36. The quantitative estimate of drug-likeness (QED) is 0.886. The van der Waals surface area contributed by atoms with Gasteiger partial charge in [0.25, 0.3) is 0 Å². The highest BCUT2D eigenvalue weighted by Gasteiger charge is 2.34. The lowest BCUT2D eigenvalue weighted by Crippen LogP contribution is -2.25. The number of nitrogens with one attached hydrogen (secondary N) is 1. The molecule has 1 aliphatic rings. The Bertz CT molecular complexity index is 634. The number of benzene rings is 1. The lowest BCUT2D eigenvalue weighted by atomic mass is 10.1. The summed E-state index contributed by atoms with van der Waals surface area (Å²) in [5.74, 6) is -1.68. The second-order valence-electron chi connectivity index (χ2n) is 4.76. The van der Waals surface area contributed by atoms with E-state index in [0.717, 1.165) is 16.9 Å². The maximum atomic E-state index is 11.8. The van der Waals surface area contributed by atoms with E-state index in [1.807, 2.05) is 30.3 Å². The highest BCUT2D eigenvalue weighted by atomic mass is 16.4. The molecule has 1 atom stereocenters. The Morgan fingerprint density at radius 1 is 1.30 bits per heavy atom. The van der Waals surface area contributed by atoms with Crippen molar-refractivity contribution in [2.75, 3.05) is 11.4 Å². The van der Waals surface area contributed by atoms with Gasteiger partial charge in [-0.2, -0.15) is 5.10 Å². The molecule has 2 heterocycles. The lowest BCUT2D eigenvalue weighted by molar-refractivity contribution is -0.141. The monoisotopic (exact) mass is 271 g/mol. The summed E-state index contributed by atoms with van der Waals surface area (Å²) in [5, 5.41) is 15.7. The smallest absolute Gasteiger partial charge is 0.308 e. The van der Waals surface area contributed by atoms with Crippen molar-refractivity contribution >= 4 is 17.6 Å². The molecule has 0 radical (unpaired) electrons. The molecule has 1 amide bonds. The predicted molar refractivity (Wildman–Crippen MR) is 72.1 cm³/mol. The van der Waals surface area contributed by atoms with E-state index in [2.05, 4.69) is 10.2 Å². The van der Waals surface area contributed by atoms with Crippen LogP contribution in [0.2, 0.25) is 0 Å². The predicted octanol–water partition coefficient (Wildman–Crippen LogP) is 1.51. The van der Waals surface area contributed by atoms with Gasteiger partial charge in [-0.3, -0.25) is 14.7 Å². The largest absolute Gasteiger partial charge is 0.481 e. The van der Waals surface area contributed by atoms with Crippen LogP contribution < -0.4 is 4.90 Å². The van der Waals surface area contributed by atoms with Crippen LogP contribution in [-0.2, 0) is 9.59 Å². The zero-order chi connectivity index (χ0) is 14.1. The minimum absolute atomic E-state index is 0.0671. The first kappa shape index (κ1) is 12.4. The first-order valence-electron chi connectivity index (χ1n) is 6.28. The molecular formula is C14H13N3O3. The van der Waals surface area contributed by atoms with Crippen molar-refractivity contribution in [3.8, 4) is 11.3 Å². The van der Waals surface area contributed by atoms with E-state index in [0.29, 0.717) is 0 Å². The number of carboxylic acid groups (broad SMARTS) is 1. The van der Waals surface area contributed by atoms with Crippen LogP contribution >= 0.6 is 0 Å². The first-order chi connectivity index (χ1) is 9.65. The number of hydrogen-bond donors (Lipinski definition) is 2. The maximum Gasteiger partial charge on any atom is 0.308 e. The third-order valence-electron chi connectivity index (χ3n) is 3.46. The molecule has 6 nitrogen and oxygen atoms in total. The standard InChI is InChI=1S/C14H13N3O3/c18-13-7-10(14(19)20)8-17(13)11-3-1-9(2-4-11)12-5-6-15-16-12/h1-6,10H,7-8H2,(H,15,16)(H,19,20). The molecule has 2 N–H and O–H groups in total. The van der Waals surface area contributed by atoms with Gasteiger partial charge in [-0.25, -0.2) is 0 Å². The van der Waals surface area contributed by atoms with Crippen molar-refractivity contribution in [3.63, 3.8) is 0 Å². The summed E-state index contributed by atoms with van der Waals surface area (Å²) in [6.07, 6.45) is 1.74. The van der Waals surface area contributed by atoms with Gasteiger partial charge in [0, 0.05) is 24.8 Å². The molecule has 6 heteroatoms. The summed E-state index contributed by atoms with van der Waals surface area (Å²) in [5.41, 5.74) is 2.59. The maximum absolute atomic E-state index is 11.8. The summed E-state index contributed by atoms with van der Waals surface area (Å²) >= 11 is 0. The van der Waals surface area contributed by atoms with E-state index in [1.54, 1.807) is 6.20 Å². The third kappa shape index (κ3) is 2.16. The molecule has 1 saturated heterocycles. The fourth-order valence-electron chi connectivity index (χ4n) is 2.36. The van der Waals surface area contributed by atoms with E-state index in [1.165, 1.54) is 4.90 Å². The van der Waals surface area contributed by atoms with Gasteiger partial charge in [0.2, 0.25) is 5.91 Å². The van der Waals surface area contributed by atoms with E-state index < -0.39 is 11.9 Å². The molecule has 1 aromatic carbocycles. The summed E-state index contributed by atoms with van der Waals surface area (Å²) in [6.45, 7) is 0.234. The van der Waals surface area contributed by atoms with E-state index in [-0.39, 0.29) is 18.9 Å². The number of carbonyl (C=O) groups excluding carboxylic acids is 1. The van der Waals surface area contributed by atoms with Crippen LogP contribution in [0.4, 0.5) is 5.69 Å². The van der Waals surface area contributed by atoms with Crippen molar-refractivity contribution < 1.29 is 14.7 Å². The normalized spacial score (nSPS) is 18.5. The van der Waals surface area contributed by atoms with Crippen molar-refractivity contribution in [1.82, 2.24) is 10.2 Å². The average molecular weight is 271 g/mol. The summed E-state index contributed by atoms with van der Waals surface area (Å²) in [6, 6.07) is 9.25. The van der Waals surface area contributed by atoms with Crippen LogP contribution in [0.15, 0.2) is 36.5 Å². The van der Waals surface area contributed by atoms with E-state index >= 15 is 0 Å². The number of aromatic nitrogens is 2. The SMILES string of the molecule is O=C(O)C1CC(=O)N(c2ccc(-c3ccn[nH]3)cc2)C1. The number of rotatable bonds is 3. The summed E-state index contributed by atoms with van der Waals surface area (Å²) < 4.78 is 0. The molecule has 1 aliphatic heterocycles. The van der Waals surface area contributed by atoms with Gasteiger partial charge < -0.3 is 10.0 Å². The molecule has 20 heavy (non-hydrogen) atoms. The van der Waals surface area contributed by atoms with Gasteiger partial charge in [0.05, 0.1) is 11.6 Å². The minimum atomic E-state index is -0.921. The number of nitrogens with zero attached hydrogens (tertiary/aromatic N) is 2. The number of H-pyrrole nitrogens is 1. The first-order valence-corrected chi connectivity index (χ1v) is 6.28. The molecule has 2 aromatic rings. The summed E-state index contributed by atoms with van der Waals surface area (Å²) in [7, 11) is 0. The number of anilines is 1. The number of aromatic amines is 1. The van der Waals surface area contributed by atoms with Crippen LogP contribution in [0.3, 0.4) is 0 Å². The molecule has 3 rings (SSSR count). The van der Waals surface area contributed by atoms with Crippen LogP contribution in [-0.4, -0.2) is 33.7 Å². The van der Waals surface area contributed by atoms with Gasteiger partial charge in [-0.1, -0.05) is 12.1 Å². The van der Waals surface area contributed by atoms with E-state index in [4.69, 9.17) is 5.11 Å². The molecule has 1 aromatic heterocycles. The van der Waals surface area contributed by atoms with Crippen LogP contribution in [0.1, 0.15) is 6.42 Å². The molecule has 0 spiro atoms. The van der Waals surface area contributed by atoms with Crippen molar-refractivity contribution in [1.29, 1.82) is 0 Å². The number of hydrogen-bond acceptors (Lipinski definition) is 3. The van der Waals surface area contributed by atoms with E-state index in [9.17, 15) is 9.59 Å². The van der Waals surface area contributed by atoms with Crippen LogP contribution in [0.5, 0.6) is 0 Å². The number of aliphatic carboxylic acids is 1. The van der Waals surface area contributed by atoms with Crippen LogP contribution in [0, 0.1) is 5.92 Å². The van der Waals surface area contributed by atoms with Gasteiger partial charge in [0.1, 0.15) is 0 Å². The number of carbonyl (C=O) groups is 2. The number of amides is 1. The fraction of sp³-hybridized carbons (Fsp3) is 0.214. The van der Waals surface area contributed by atoms with Crippen molar-refractivity contribution in [2.45, 2.75) is 6.42 Å². The van der Waals surface area contributed by atoms with Gasteiger partial charge in [-0.15, -0.1) is 0 Å². The second-order valence-corrected chi connectivity index (χ2v) is 4.76. The Morgan fingerprint density at radius 2 is 2.05 bits per heavy atom. The van der Waals surface area contributed by atoms with Gasteiger partial charge >= 0.3 is 5.97 Å². The molecule has 1 fully saturated rings. The molecule has 0 aliphatic carbocycles. The minimum Gasteiger partial charge on any atom is -0.481 e. The zero-order valence-corrected chi connectivity index (χ0v) is 10.6. The second kappa shape index (κ2) is 4.80. The molecule has 1 unspecified atom stereocenters. The third-order valence-corrected chi connectivity index (χ3v) is 3.46. The highest BCUT2D eigenvalue weighted by molar-refractivity contribution is 5.99. The van der Waals surface area contributed by atoms with Crippen LogP contribution in [0.25, 0.3) is 11.3 Å². The Balaban J connectivity index is 1.82. The number of carboxylic acids is 1. The Kier molecular flexibility index (Phi) is 2.98. The van der Waals surface area contributed by atoms with Gasteiger partial charge in [-0.05, 0) is 23.8 Å². The molecular weight excluding hydrogens is 258 g/mol. The Morgan fingerprint density at radius 3 is 2.60 bits per heavy atom. The lowest BCUT2D eigenvalue weighted by Gasteiger charge is -2.16. The highest BCUT2D eigenvalue weighted by Crippen LogP contribution is 2.27. The Hall–Kier alpha value is -2.63. The van der Waals surface area contributed by atoms with Gasteiger partial charge in [0.15, 0.2) is 0 Å².